The molecule has 4 rings (SSSR count). The van der Waals surface area contributed by atoms with Crippen LogP contribution in [0.25, 0.3) is 0 Å². The molecular weight excluding hydrogens is 422 g/mol. The first kappa shape index (κ1) is 21.1. The van der Waals surface area contributed by atoms with Crippen molar-refractivity contribution < 1.29 is 27.5 Å². The van der Waals surface area contributed by atoms with E-state index in [0.717, 1.165) is 0 Å². The molecule has 2 aromatic rings. The van der Waals surface area contributed by atoms with Gasteiger partial charge in [-0.15, -0.1) is 0 Å². The summed E-state index contributed by atoms with van der Waals surface area (Å²) in [5, 5.41) is 0. The summed E-state index contributed by atoms with van der Waals surface area (Å²) in [5.41, 5.74) is 0.421. The maximum atomic E-state index is 13.1. The first-order chi connectivity index (χ1) is 14.9. The molecule has 0 bridgehead atoms. The molecule has 10 heteroatoms. The van der Waals surface area contributed by atoms with E-state index in [-0.39, 0.29) is 56.1 Å². The molecule has 2 amide bonds. The smallest absolute Gasteiger partial charge is 0.264 e. The first-order valence-electron chi connectivity index (χ1n) is 9.85. The molecule has 1 fully saturated rings. The molecule has 2 aliphatic heterocycles. The normalized spacial score (nSPS) is 17.1. The number of benzene rings is 2. The summed E-state index contributed by atoms with van der Waals surface area (Å²) in [6.45, 7) is 0.760. The van der Waals surface area contributed by atoms with Gasteiger partial charge in [-0.05, 0) is 30.3 Å². The average Bonchev–Trinajstić information content (AvgIpc) is 2.80. The van der Waals surface area contributed by atoms with Crippen LogP contribution in [-0.2, 0) is 19.6 Å². The number of sulfonamides is 1. The van der Waals surface area contributed by atoms with Crippen LogP contribution in [-0.4, -0.2) is 75.9 Å². The van der Waals surface area contributed by atoms with Crippen molar-refractivity contribution in [1.29, 1.82) is 0 Å². The van der Waals surface area contributed by atoms with E-state index < -0.39 is 10.0 Å². The zero-order chi connectivity index (χ0) is 22.0. The number of para-hydroxylation sites is 1. The molecule has 2 aliphatic rings. The summed E-state index contributed by atoms with van der Waals surface area (Å²) in [7, 11) is -2.18. The Labute approximate surface area is 180 Å². The molecule has 164 valence electrons. The number of nitrogens with zero attached hydrogens (tertiary/aromatic N) is 3. The lowest BCUT2D eigenvalue weighted by Crippen LogP contribution is -2.51. The number of amides is 2. The van der Waals surface area contributed by atoms with E-state index in [1.54, 1.807) is 30.1 Å². The maximum absolute atomic E-state index is 13.1. The van der Waals surface area contributed by atoms with Crippen LogP contribution in [0.2, 0.25) is 0 Å². The zero-order valence-electron chi connectivity index (χ0n) is 17.1. The van der Waals surface area contributed by atoms with Crippen molar-refractivity contribution in [3.63, 3.8) is 0 Å². The van der Waals surface area contributed by atoms with Gasteiger partial charge >= 0.3 is 0 Å². The number of hydrogen-bond acceptors (Lipinski definition) is 6. The predicted octanol–water partition coefficient (Wildman–Crippen LogP) is 0.954. The van der Waals surface area contributed by atoms with Crippen LogP contribution < -0.4 is 14.4 Å². The van der Waals surface area contributed by atoms with Gasteiger partial charge in [-0.3, -0.25) is 9.59 Å². The molecule has 2 aromatic carbocycles. The number of carbonyl (C=O) groups is 2. The molecule has 0 N–H and O–H groups in total. The standard InChI is InChI=1S/C21H23N3O6S/c1-22-18-13-17(7-8-19(18)30-14-20(22)25)31(27,28)24-11-9-23(10-12-24)21(26)15-29-16-5-3-2-4-6-16/h2-8,13H,9-12,14-15H2,1H3. The van der Waals surface area contributed by atoms with Crippen LogP contribution in [0.5, 0.6) is 11.5 Å². The van der Waals surface area contributed by atoms with Crippen molar-refractivity contribution in [1.82, 2.24) is 9.21 Å². The number of fused-ring (bicyclic) bond motifs is 1. The highest BCUT2D eigenvalue weighted by atomic mass is 32.2. The predicted molar refractivity (Wildman–Crippen MR) is 113 cm³/mol. The third kappa shape index (κ3) is 4.35. The van der Waals surface area contributed by atoms with Gasteiger partial charge in [-0.1, -0.05) is 18.2 Å². The maximum Gasteiger partial charge on any atom is 0.264 e. The minimum Gasteiger partial charge on any atom is -0.484 e. The van der Waals surface area contributed by atoms with Gasteiger partial charge in [-0.2, -0.15) is 4.31 Å². The molecule has 0 radical (unpaired) electrons. The number of likely N-dealkylation sites (N-methyl/N-ethyl adjacent to an activating group) is 1. The van der Waals surface area contributed by atoms with Crippen molar-refractivity contribution in [2.75, 3.05) is 51.3 Å². The molecule has 0 unspecified atom stereocenters. The quantitative estimate of drug-likeness (QED) is 0.680. The zero-order valence-corrected chi connectivity index (χ0v) is 17.9. The fourth-order valence-electron chi connectivity index (χ4n) is 3.49. The van der Waals surface area contributed by atoms with Crippen molar-refractivity contribution in [3.05, 3.63) is 48.5 Å². The van der Waals surface area contributed by atoms with Crippen LogP contribution in [0.1, 0.15) is 0 Å². The second-order valence-corrected chi connectivity index (χ2v) is 9.20. The van der Waals surface area contributed by atoms with Crippen LogP contribution in [0.3, 0.4) is 0 Å². The van der Waals surface area contributed by atoms with Gasteiger partial charge in [0.2, 0.25) is 10.0 Å². The van der Waals surface area contributed by atoms with Crippen LogP contribution in [0.15, 0.2) is 53.4 Å². The number of ether oxygens (including phenoxy) is 2. The van der Waals surface area contributed by atoms with Crippen LogP contribution >= 0.6 is 0 Å². The van der Waals surface area contributed by atoms with E-state index in [4.69, 9.17) is 9.47 Å². The Hall–Kier alpha value is -3.11. The molecule has 0 atom stereocenters. The molecule has 0 saturated carbocycles. The largest absolute Gasteiger partial charge is 0.484 e. The molecule has 9 nitrogen and oxygen atoms in total. The van der Waals surface area contributed by atoms with Gasteiger partial charge in [0.25, 0.3) is 11.8 Å². The number of piperazine rings is 1. The minimum atomic E-state index is -3.77. The van der Waals surface area contributed by atoms with Crippen molar-refractivity contribution >= 4 is 27.5 Å². The fourth-order valence-corrected chi connectivity index (χ4v) is 4.94. The summed E-state index contributed by atoms with van der Waals surface area (Å²) in [4.78, 5) is 27.3. The third-order valence-electron chi connectivity index (χ3n) is 5.35. The van der Waals surface area contributed by atoms with E-state index in [1.807, 2.05) is 18.2 Å². The first-order valence-corrected chi connectivity index (χ1v) is 11.3. The number of hydrogen-bond donors (Lipinski definition) is 0. The summed E-state index contributed by atoms with van der Waals surface area (Å²) in [6.07, 6.45) is 0. The molecule has 0 aliphatic carbocycles. The van der Waals surface area contributed by atoms with E-state index >= 15 is 0 Å². The number of anilines is 1. The number of carbonyl (C=O) groups excluding carboxylic acids is 2. The lowest BCUT2D eigenvalue weighted by Gasteiger charge is -2.34. The Balaban J connectivity index is 1.39. The van der Waals surface area contributed by atoms with E-state index in [0.29, 0.717) is 17.2 Å². The Morgan fingerprint density at radius 3 is 2.48 bits per heavy atom. The van der Waals surface area contributed by atoms with E-state index in [2.05, 4.69) is 0 Å². The highest BCUT2D eigenvalue weighted by Crippen LogP contribution is 2.34. The second-order valence-electron chi connectivity index (χ2n) is 7.26. The fraction of sp³-hybridized carbons (Fsp3) is 0.333. The molecular formula is C21H23N3O6S. The molecule has 2 heterocycles. The Bertz CT molecular complexity index is 1080. The molecule has 31 heavy (non-hydrogen) atoms. The molecule has 1 saturated heterocycles. The van der Waals surface area contributed by atoms with Gasteiger partial charge < -0.3 is 19.3 Å². The monoisotopic (exact) mass is 445 g/mol. The van der Waals surface area contributed by atoms with Gasteiger partial charge in [0, 0.05) is 33.2 Å². The number of rotatable bonds is 5. The van der Waals surface area contributed by atoms with Gasteiger partial charge in [0.05, 0.1) is 10.6 Å². The van der Waals surface area contributed by atoms with Gasteiger partial charge in [-0.25, -0.2) is 8.42 Å². The van der Waals surface area contributed by atoms with Crippen LogP contribution in [0.4, 0.5) is 5.69 Å². The van der Waals surface area contributed by atoms with E-state index in [1.165, 1.54) is 21.3 Å². The minimum absolute atomic E-state index is 0.0699. The SMILES string of the molecule is CN1C(=O)COc2ccc(S(=O)(=O)N3CCN(C(=O)COc4ccccc4)CC3)cc21. The summed E-state index contributed by atoms with van der Waals surface area (Å²) in [5.74, 6) is 0.644. The summed E-state index contributed by atoms with van der Waals surface area (Å²) < 4.78 is 38.4. The van der Waals surface area contributed by atoms with E-state index in [9.17, 15) is 18.0 Å². The lowest BCUT2D eigenvalue weighted by molar-refractivity contribution is -0.134. The highest BCUT2D eigenvalue weighted by Gasteiger charge is 2.32. The molecule has 0 spiro atoms. The Kier molecular flexibility index (Phi) is 5.84. The summed E-state index contributed by atoms with van der Waals surface area (Å²) >= 11 is 0. The van der Waals surface area contributed by atoms with Gasteiger partial charge in [0.15, 0.2) is 13.2 Å². The topological polar surface area (TPSA) is 96.5 Å². The van der Waals surface area contributed by atoms with Crippen LogP contribution in [0, 0.1) is 0 Å². The second kappa shape index (κ2) is 8.56. The Morgan fingerprint density at radius 2 is 1.77 bits per heavy atom. The van der Waals surface area contributed by atoms with Crippen molar-refractivity contribution in [2.45, 2.75) is 4.90 Å². The Morgan fingerprint density at radius 1 is 1.06 bits per heavy atom. The van der Waals surface area contributed by atoms with Crippen molar-refractivity contribution in [3.8, 4) is 11.5 Å². The lowest BCUT2D eigenvalue weighted by atomic mass is 10.2. The van der Waals surface area contributed by atoms with Crippen molar-refractivity contribution in [2.24, 2.45) is 0 Å². The molecule has 0 aromatic heterocycles. The third-order valence-corrected chi connectivity index (χ3v) is 7.25. The summed E-state index contributed by atoms with van der Waals surface area (Å²) in [6, 6.07) is 13.5. The van der Waals surface area contributed by atoms with Gasteiger partial charge in [0.1, 0.15) is 11.5 Å². The average molecular weight is 445 g/mol. The highest BCUT2D eigenvalue weighted by molar-refractivity contribution is 7.89.